The van der Waals surface area contributed by atoms with Crippen LogP contribution in [0.1, 0.15) is 53.9 Å². The lowest BCUT2D eigenvalue weighted by atomic mass is 9.75. The first-order valence-corrected chi connectivity index (χ1v) is 7.54. The number of nitrogens with zero attached hydrogens (tertiary/aromatic N) is 1. The van der Waals surface area contributed by atoms with Gasteiger partial charge in [-0.2, -0.15) is 0 Å². The molecule has 0 radical (unpaired) electrons. The first-order chi connectivity index (χ1) is 9.24. The Morgan fingerprint density at radius 2 is 1.80 bits per heavy atom. The zero-order valence-electron chi connectivity index (χ0n) is 13.6. The van der Waals surface area contributed by atoms with Gasteiger partial charge in [0.05, 0.1) is 12.4 Å². The second-order valence-electron chi connectivity index (χ2n) is 6.46. The Bertz CT molecular complexity index is 349. The van der Waals surface area contributed by atoms with E-state index in [-0.39, 0.29) is 11.5 Å². The quantitative estimate of drug-likeness (QED) is 0.733. The van der Waals surface area contributed by atoms with E-state index in [2.05, 4.69) is 13.5 Å². The third-order valence-electron chi connectivity index (χ3n) is 3.96. The van der Waals surface area contributed by atoms with Crippen molar-refractivity contribution in [3.05, 3.63) is 12.3 Å². The molecule has 1 amide bonds. The summed E-state index contributed by atoms with van der Waals surface area (Å²) in [5.74, 6) is 0.867. The highest BCUT2D eigenvalue weighted by Crippen LogP contribution is 2.41. The number of likely N-dealkylation sites (tertiary alicyclic amines) is 1. The second kappa shape index (κ2) is 6.51. The van der Waals surface area contributed by atoms with E-state index in [1.165, 1.54) is 0 Å². The normalized spacial score (nSPS) is 18.6. The molecular weight excluding hydrogens is 254 g/mol. The highest BCUT2D eigenvalue weighted by atomic mass is 16.6. The summed E-state index contributed by atoms with van der Waals surface area (Å²) in [6, 6.07) is 0. The van der Waals surface area contributed by atoms with Gasteiger partial charge in [0.1, 0.15) is 5.60 Å². The Kier molecular flexibility index (Phi) is 5.49. The number of hydrogen-bond acceptors (Lipinski definition) is 3. The average molecular weight is 283 g/mol. The summed E-state index contributed by atoms with van der Waals surface area (Å²) in [5, 5.41) is 0. The van der Waals surface area contributed by atoms with Crippen LogP contribution in [0.5, 0.6) is 0 Å². The Morgan fingerprint density at radius 1 is 1.25 bits per heavy atom. The van der Waals surface area contributed by atoms with E-state index in [4.69, 9.17) is 9.47 Å². The highest BCUT2D eigenvalue weighted by molar-refractivity contribution is 5.68. The highest BCUT2D eigenvalue weighted by Gasteiger charge is 2.38. The molecule has 1 fully saturated rings. The van der Waals surface area contributed by atoms with Crippen molar-refractivity contribution in [1.82, 2.24) is 4.90 Å². The van der Waals surface area contributed by atoms with Gasteiger partial charge in [-0.1, -0.05) is 13.5 Å². The molecule has 0 aromatic rings. The predicted molar refractivity (Wildman–Crippen MR) is 80.5 cm³/mol. The molecule has 1 saturated heterocycles. The number of carbonyl (C=O) groups excluding carboxylic acids is 1. The lowest BCUT2D eigenvalue weighted by Crippen LogP contribution is -2.45. The van der Waals surface area contributed by atoms with Gasteiger partial charge in [0.15, 0.2) is 0 Å². The molecule has 1 rings (SSSR count). The second-order valence-corrected chi connectivity index (χ2v) is 6.46. The van der Waals surface area contributed by atoms with E-state index in [0.29, 0.717) is 19.7 Å². The number of amides is 1. The maximum absolute atomic E-state index is 12.1. The fourth-order valence-corrected chi connectivity index (χ4v) is 2.60. The average Bonchev–Trinajstić information content (AvgIpc) is 2.37. The molecule has 0 unspecified atom stereocenters. The first-order valence-electron chi connectivity index (χ1n) is 7.54. The fraction of sp³-hybridized carbons (Fsp3) is 0.812. The fourth-order valence-electron chi connectivity index (χ4n) is 2.60. The van der Waals surface area contributed by atoms with Crippen molar-refractivity contribution >= 4 is 6.09 Å². The molecule has 116 valence electrons. The smallest absolute Gasteiger partial charge is 0.410 e. The van der Waals surface area contributed by atoms with Gasteiger partial charge in [-0.25, -0.2) is 4.79 Å². The molecule has 4 heteroatoms. The minimum atomic E-state index is -0.439. The van der Waals surface area contributed by atoms with Gasteiger partial charge in [0, 0.05) is 18.5 Å². The van der Waals surface area contributed by atoms with Crippen molar-refractivity contribution in [3.63, 3.8) is 0 Å². The van der Waals surface area contributed by atoms with E-state index in [9.17, 15) is 4.79 Å². The van der Waals surface area contributed by atoms with Crippen LogP contribution < -0.4 is 0 Å². The van der Waals surface area contributed by atoms with Crippen molar-refractivity contribution in [2.75, 3.05) is 19.7 Å². The van der Waals surface area contributed by atoms with Crippen LogP contribution in [0.25, 0.3) is 0 Å². The summed E-state index contributed by atoms with van der Waals surface area (Å²) in [6.45, 7) is 15.9. The summed E-state index contributed by atoms with van der Waals surface area (Å²) in [5.41, 5.74) is -0.431. The Balaban J connectivity index is 2.61. The van der Waals surface area contributed by atoms with Crippen LogP contribution in [0.3, 0.4) is 0 Å². The molecular formula is C16H29NO3. The van der Waals surface area contributed by atoms with Crippen molar-refractivity contribution in [3.8, 4) is 0 Å². The molecule has 0 atom stereocenters. The Morgan fingerprint density at radius 3 is 2.20 bits per heavy atom. The molecule has 1 aliphatic rings. The molecule has 0 N–H and O–H groups in total. The van der Waals surface area contributed by atoms with Gasteiger partial charge in [-0.15, -0.1) is 0 Å². The third-order valence-corrected chi connectivity index (χ3v) is 3.96. The maximum atomic E-state index is 12.1. The minimum absolute atomic E-state index is 0.00845. The van der Waals surface area contributed by atoms with Crippen LogP contribution in [0.15, 0.2) is 12.3 Å². The molecule has 0 saturated carbocycles. The molecule has 0 aromatic carbocycles. The number of carbonyl (C=O) groups is 1. The number of ether oxygens (including phenoxy) is 2. The van der Waals surface area contributed by atoms with Gasteiger partial charge in [0.2, 0.25) is 0 Å². The lowest BCUT2D eigenvalue weighted by Gasteiger charge is -2.42. The number of piperidine rings is 1. The zero-order chi connectivity index (χ0) is 15.4. The van der Waals surface area contributed by atoms with Gasteiger partial charge in [-0.3, -0.25) is 0 Å². The van der Waals surface area contributed by atoms with Crippen LogP contribution in [0.2, 0.25) is 0 Å². The minimum Gasteiger partial charge on any atom is -0.498 e. The molecule has 1 heterocycles. The van der Waals surface area contributed by atoms with Gasteiger partial charge < -0.3 is 14.4 Å². The van der Waals surface area contributed by atoms with Gasteiger partial charge in [-0.05, 0) is 47.0 Å². The van der Waals surface area contributed by atoms with E-state index in [1.807, 2.05) is 27.7 Å². The summed E-state index contributed by atoms with van der Waals surface area (Å²) in [7, 11) is 0. The summed E-state index contributed by atoms with van der Waals surface area (Å²) >= 11 is 0. The summed E-state index contributed by atoms with van der Waals surface area (Å²) < 4.78 is 11.0. The van der Waals surface area contributed by atoms with Crippen LogP contribution in [-0.2, 0) is 9.47 Å². The van der Waals surface area contributed by atoms with Crippen LogP contribution >= 0.6 is 0 Å². The zero-order valence-corrected chi connectivity index (χ0v) is 13.6. The summed E-state index contributed by atoms with van der Waals surface area (Å²) in [4.78, 5) is 13.8. The molecule has 0 spiro atoms. The topological polar surface area (TPSA) is 38.8 Å². The molecule has 0 aliphatic carbocycles. The first kappa shape index (κ1) is 16.9. The monoisotopic (exact) mass is 283 g/mol. The van der Waals surface area contributed by atoms with Crippen molar-refractivity contribution in [1.29, 1.82) is 0 Å². The Labute approximate surface area is 123 Å². The summed E-state index contributed by atoms with van der Waals surface area (Å²) in [6.07, 6.45) is 2.56. The molecule has 0 aromatic heterocycles. The molecule has 0 bridgehead atoms. The molecule has 1 aliphatic heterocycles. The van der Waals surface area contributed by atoms with Crippen LogP contribution in [0.4, 0.5) is 4.79 Å². The maximum Gasteiger partial charge on any atom is 0.410 e. The number of allylic oxidation sites excluding steroid dienone is 1. The van der Waals surface area contributed by atoms with Crippen molar-refractivity contribution < 1.29 is 14.3 Å². The Hall–Kier alpha value is -1.19. The number of hydrogen-bond donors (Lipinski definition) is 0. The van der Waals surface area contributed by atoms with Crippen molar-refractivity contribution in [2.24, 2.45) is 5.41 Å². The third kappa shape index (κ3) is 4.15. The van der Waals surface area contributed by atoms with E-state index < -0.39 is 5.60 Å². The SMILES string of the molecule is C=C(OCC)C1(CC)CCN(C(=O)OC(C)(C)C)CC1. The van der Waals surface area contributed by atoms with Gasteiger partial charge >= 0.3 is 6.09 Å². The lowest BCUT2D eigenvalue weighted by molar-refractivity contribution is 0.00568. The van der Waals surface area contributed by atoms with Crippen molar-refractivity contribution in [2.45, 2.75) is 59.5 Å². The van der Waals surface area contributed by atoms with E-state index in [0.717, 1.165) is 25.0 Å². The predicted octanol–water partition coefficient (Wildman–Crippen LogP) is 3.96. The van der Waals surface area contributed by atoms with E-state index >= 15 is 0 Å². The standard InChI is InChI=1S/C16H29NO3/c1-7-16(13(3)19-8-2)9-11-17(12-10-16)14(18)20-15(4,5)6/h3,7-12H2,1-2,4-6H3. The largest absolute Gasteiger partial charge is 0.498 e. The number of rotatable bonds is 4. The molecule has 20 heavy (non-hydrogen) atoms. The van der Waals surface area contributed by atoms with Crippen LogP contribution in [0, 0.1) is 5.41 Å². The molecule has 4 nitrogen and oxygen atoms in total. The van der Waals surface area contributed by atoms with Gasteiger partial charge in [0.25, 0.3) is 0 Å². The van der Waals surface area contributed by atoms with E-state index in [1.54, 1.807) is 4.90 Å². The van der Waals surface area contributed by atoms with Crippen LogP contribution in [-0.4, -0.2) is 36.3 Å².